The van der Waals surface area contributed by atoms with Crippen LogP contribution in [-0.4, -0.2) is 52.6 Å². The van der Waals surface area contributed by atoms with E-state index in [0.29, 0.717) is 29.5 Å². The van der Waals surface area contributed by atoms with Gasteiger partial charge in [0, 0.05) is 59.8 Å². The van der Waals surface area contributed by atoms with Crippen molar-refractivity contribution in [2.75, 3.05) is 18.8 Å². The minimum Gasteiger partial charge on any atom is -0.346 e. The summed E-state index contributed by atoms with van der Waals surface area (Å²) in [5, 5.41) is 1.42. The fraction of sp³-hybridized carbons (Fsp3) is 0.478. The lowest BCUT2D eigenvalue weighted by Crippen LogP contribution is -2.39. The van der Waals surface area contributed by atoms with E-state index in [2.05, 4.69) is 14.5 Å². The number of nitrogens with zero attached hydrogens (tertiary/aromatic N) is 3. The monoisotopic (exact) mass is 510 g/mol. The summed E-state index contributed by atoms with van der Waals surface area (Å²) >= 11 is 5.99. The first-order valence-electron chi connectivity index (χ1n) is 11.2. The highest BCUT2D eigenvalue weighted by Crippen LogP contribution is 2.30. The van der Waals surface area contributed by atoms with E-state index < -0.39 is 9.84 Å². The Morgan fingerprint density at radius 2 is 1.94 bits per heavy atom. The van der Waals surface area contributed by atoms with Gasteiger partial charge in [0.15, 0.2) is 9.84 Å². The van der Waals surface area contributed by atoms with E-state index in [4.69, 9.17) is 11.6 Å². The molecule has 1 fully saturated rings. The number of sulfone groups is 1. The van der Waals surface area contributed by atoms with E-state index in [1.807, 2.05) is 6.20 Å². The van der Waals surface area contributed by atoms with Gasteiger partial charge in [0.25, 0.3) is 0 Å². The minimum atomic E-state index is -3.58. The molecular formula is C23H28Cl2N4O3S. The van der Waals surface area contributed by atoms with Gasteiger partial charge < -0.3 is 14.5 Å². The number of carbonyl (C=O) groups is 1. The number of carbonyl (C=O) groups excluding carboxylic acids is 1. The lowest BCUT2D eigenvalue weighted by atomic mass is 9.95. The second-order valence-electron chi connectivity index (χ2n) is 8.81. The molecule has 1 aromatic carbocycles. The molecule has 0 spiro atoms. The molecule has 0 radical (unpaired) electrons. The van der Waals surface area contributed by atoms with E-state index >= 15 is 0 Å². The van der Waals surface area contributed by atoms with Crippen LogP contribution in [0.1, 0.15) is 49.5 Å². The van der Waals surface area contributed by atoms with Crippen molar-refractivity contribution in [1.82, 2.24) is 19.4 Å². The van der Waals surface area contributed by atoms with Gasteiger partial charge in [0.2, 0.25) is 5.91 Å². The predicted molar refractivity (Wildman–Crippen MR) is 131 cm³/mol. The van der Waals surface area contributed by atoms with Crippen molar-refractivity contribution in [2.45, 2.75) is 56.0 Å². The van der Waals surface area contributed by atoms with E-state index in [-0.39, 0.29) is 35.5 Å². The number of hydrogen-bond donors (Lipinski definition) is 1. The van der Waals surface area contributed by atoms with Crippen LogP contribution in [0.25, 0.3) is 10.9 Å². The molecule has 0 saturated carbocycles. The summed E-state index contributed by atoms with van der Waals surface area (Å²) in [6.45, 7) is 2.34. The number of hydrogen-bond acceptors (Lipinski definition) is 4. The van der Waals surface area contributed by atoms with Gasteiger partial charge in [0.1, 0.15) is 10.9 Å². The van der Waals surface area contributed by atoms with Crippen LogP contribution in [0.4, 0.5) is 0 Å². The molecule has 2 aromatic heterocycles. The molecule has 7 nitrogen and oxygen atoms in total. The van der Waals surface area contributed by atoms with E-state index in [0.717, 1.165) is 37.0 Å². The average molecular weight is 511 g/mol. The number of amides is 1. The third-order valence-corrected chi connectivity index (χ3v) is 8.59. The van der Waals surface area contributed by atoms with E-state index in [1.54, 1.807) is 29.2 Å². The molecule has 2 aliphatic heterocycles. The topological polar surface area (TPSA) is 88.1 Å². The number of aromatic nitrogens is 3. The predicted octanol–water partition coefficient (Wildman–Crippen LogP) is 4.35. The number of fused-ring (bicyclic) bond motifs is 2. The third kappa shape index (κ3) is 4.93. The SMILES string of the molecule is Cl.O=C(CCS(=O)(=O)c1cc2cc(Cl)ccc2[nH]1)N1CCC(c2ncc3n2CCCC3)CC1. The van der Waals surface area contributed by atoms with Crippen LogP contribution in [0.3, 0.4) is 0 Å². The van der Waals surface area contributed by atoms with Gasteiger partial charge in [-0.2, -0.15) is 0 Å². The van der Waals surface area contributed by atoms with Crippen LogP contribution in [0.15, 0.2) is 35.5 Å². The molecule has 1 saturated heterocycles. The molecule has 1 amide bonds. The Bertz CT molecular complexity index is 1260. The number of likely N-dealkylation sites (tertiary alicyclic amines) is 1. The summed E-state index contributed by atoms with van der Waals surface area (Å²) in [6, 6.07) is 6.77. The van der Waals surface area contributed by atoms with Crippen LogP contribution in [0.2, 0.25) is 5.02 Å². The highest BCUT2D eigenvalue weighted by molar-refractivity contribution is 7.91. The van der Waals surface area contributed by atoms with Crippen LogP contribution >= 0.6 is 24.0 Å². The van der Waals surface area contributed by atoms with Crippen molar-refractivity contribution in [3.63, 3.8) is 0 Å². The van der Waals surface area contributed by atoms with Crippen molar-refractivity contribution in [1.29, 1.82) is 0 Å². The summed E-state index contributed by atoms with van der Waals surface area (Å²) < 4.78 is 27.9. The van der Waals surface area contributed by atoms with Crippen molar-refractivity contribution in [3.8, 4) is 0 Å². The Balaban J connectivity index is 0.00000259. The van der Waals surface area contributed by atoms with Gasteiger partial charge >= 0.3 is 0 Å². The fourth-order valence-corrected chi connectivity index (χ4v) is 6.32. The molecule has 3 aromatic rings. The molecule has 5 rings (SSSR count). The lowest BCUT2D eigenvalue weighted by Gasteiger charge is -2.32. The summed E-state index contributed by atoms with van der Waals surface area (Å²) in [4.78, 5) is 22.2. The molecule has 2 aliphatic rings. The van der Waals surface area contributed by atoms with Gasteiger partial charge in [-0.15, -0.1) is 12.4 Å². The molecule has 178 valence electrons. The Hall–Kier alpha value is -2.03. The highest BCUT2D eigenvalue weighted by atomic mass is 35.5. The Labute approximate surface area is 204 Å². The maximum absolute atomic E-state index is 12.8. The fourth-order valence-electron chi connectivity index (χ4n) is 4.91. The zero-order valence-electron chi connectivity index (χ0n) is 18.3. The zero-order chi connectivity index (χ0) is 22.3. The quantitative estimate of drug-likeness (QED) is 0.552. The number of imidazole rings is 1. The van der Waals surface area contributed by atoms with Crippen molar-refractivity contribution in [3.05, 3.63) is 47.0 Å². The number of aromatic amines is 1. The molecule has 4 heterocycles. The van der Waals surface area contributed by atoms with E-state index in [9.17, 15) is 13.2 Å². The van der Waals surface area contributed by atoms with Crippen molar-refractivity contribution >= 4 is 50.7 Å². The average Bonchev–Trinajstić information content (AvgIpc) is 3.42. The lowest BCUT2D eigenvalue weighted by molar-refractivity contribution is -0.131. The highest BCUT2D eigenvalue weighted by Gasteiger charge is 2.29. The largest absolute Gasteiger partial charge is 0.346 e. The number of benzene rings is 1. The second-order valence-corrected chi connectivity index (χ2v) is 11.3. The Kier molecular flexibility index (Phi) is 7.07. The first-order chi connectivity index (χ1) is 15.4. The number of H-pyrrole nitrogens is 1. The molecule has 0 unspecified atom stereocenters. The second kappa shape index (κ2) is 9.68. The molecule has 1 N–H and O–H groups in total. The maximum atomic E-state index is 12.8. The maximum Gasteiger partial charge on any atom is 0.223 e. The standard InChI is InChI=1S/C23H27ClN4O3S.ClH/c24-18-4-5-20-17(13-18)14-21(26-20)32(30,31)12-8-22(29)27-10-6-16(7-11-27)23-25-15-19-3-1-2-9-28(19)23;/h4-5,13-16,26H,1-3,6-12H2;1H. The van der Waals surface area contributed by atoms with Gasteiger partial charge in [-0.1, -0.05) is 11.6 Å². The first-order valence-corrected chi connectivity index (χ1v) is 13.3. The normalized spacial score (nSPS) is 17.1. The van der Waals surface area contributed by atoms with Crippen LogP contribution in [0, 0.1) is 0 Å². The molecule has 0 aliphatic carbocycles. The number of rotatable bonds is 5. The zero-order valence-corrected chi connectivity index (χ0v) is 20.7. The summed E-state index contributed by atoms with van der Waals surface area (Å²) in [6.07, 6.45) is 7.27. The third-order valence-electron chi connectivity index (χ3n) is 6.72. The van der Waals surface area contributed by atoms with Crippen LogP contribution < -0.4 is 0 Å². The molecule has 33 heavy (non-hydrogen) atoms. The van der Waals surface area contributed by atoms with Gasteiger partial charge in [-0.05, 0) is 56.4 Å². The van der Waals surface area contributed by atoms with Gasteiger partial charge in [0.05, 0.1) is 5.75 Å². The van der Waals surface area contributed by atoms with Crippen LogP contribution in [0.5, 0.6) is 0 Å². The number of nitrogens with one attached hydrogen (secondary N) is 1. The first kappa shape index (κ1) is 24.1. The van der Waals surface area contributed by atoms with Gasteiger partial charge in [-0.25, -0.2) is 13.4 Å². The minimum absolute atomic E-state index is 0. The van der Waals surface area contributed by atoms with Crippen molar-refractivity contribution < 1.29 is 13.2 Å². The number of aryl methyl sites for hydroxylation is 1. The Morgan fingerprint density at radius 3 is 2.73 bits per heavy atom. The molecule has 0 atom stereocenters. The van der Waals surface area contributed by atoms with Crippen LogP contribution in [-0.2, 0) is 27.6 Å². The number of halogens is 2. The number of piperidine rings is 1. The molecule has 0 bridgehead atoms. The summed E-state index contributed by atoms with van der Waals surface area (Å²) in [7, 11) is -3.58. The van der Waals surface area contributed by atoms with Crippen molar-refractivity contribution in [2.24, 2.45) is 0 Å². The van der Waals surface area contributed by atoms with Gasteiger partial charge in [-0.3, -0.25) is 4.79 Å². The molecular weight excluding hydrogens is 483 g/mol. The van der Waals surface area contributed by atoms with E-state index in [1.165, 1.54) is 18.5 Å². The smallest absolute Gasteiger partial charge is 0.223 e. The summed E-state index contributed by atoms with van der Waals surface area (Å²) in [5.74, 6) is 1.22. The Morgan fingerprint density at radius 1 is 1.15 bits per heavy atom. The molecule has 10 heteroatoms. The summed E-state index contributed by atoms with van der Waals surface area (Å²) in [5.41, 5.74) is 2.04.